The topological polar surface area (TPSA) is 54.9 Å². The van der Waals surface area contributed by atoms with E-state index in [1.807, 2.05) is 0 Å². The molecule has 4 nitrogen and oxygen atoms in total. The van der Waals surface area contributed by atoms with Gasteiger partial charge in [-0.25, -0.2) is 0 Å². The highest BCUT2D eigenvalue weighted by atomic mass is 35.5. The van der Waals surface area contributed by atoms with Gasteiger partial charge in [0.25, 0.3) is 0 Å². The summed E-state index contributed by atoms with van der Waals surface area (Å²) in [5.41, 5.74) is 0. The Morgan fingerprint density at radius 3 is 2.75 bits per heavy atom. The van der Waals surface area contributed by atoms with Crippen LogP contribution in [0.2, 0.25) is 0 Å². The van der Waals surface area contributed by atoms with E-state index in [0.717, 1.165) is 17.8 Å². The molecule has 1 aromatic heterocycles. The SMILES string of the molecule is CCC[C@H](C)c1nnc(NC(=O)[C@H](C)Cl)s1. The van der Waals surface area contributed by atoms with Crippen LogP contribution in [0.4, 0.5) is 5.13 Å². The number of halogens is 1. The van der Waals surface area contributed by atoms with Crippen LogP contribution in [0.15, 0.2) is 0 Å². The van der Waals surface area contributed by atoms with Crippen LogP contribution in [0.3, 0.4) is 0 Å². The fraction of sp³-hybridized carbons (Fsp3) is 0.700. The van der Waals surface area contributed by atoms with E-state index < -0.39 is 5.38 Å². The van der Waals surface area contributed by atoms with Gasteiger partial charge >= 0.3 is 0 Å². The van der Waals surface area contributed by atoms with Crippen molar-refractivity contribution in [2.45, 2.75) is 44.9 Å². The Balaban J connectivity index is 2.61. The van der Waals surface area contributed by atoms with E-state index in [-0.39, 0.29) is 5.91 Å². The molecule has 1 amide bonds. The number of alkyl halides is 1. The molecule has 2 atom stereocenters. The van der Waals surface area contributed by atoms with Crippen molar-refractivity contribution in [3.8, 4) is 0 Å². The molecule has 0 aliphatic carbocycles. The predicted octanol–water partition coefficient (Wildman–Crippen LogP) is 3.01. The Hall–Kier alpha value is -0.680. The summed E-state index contributed by atoms with van der Waals surface area (Å²) in [6.45, 7) is 5.87. The van der Waals surface area contributed by atoms with Crippen LogP contribution in [0.5, 0.6) is 0 Å². The molecular weight excluding hydrogens is 246 g/mol. The smallest absolute Gasteiger partial charge is 0.243 e. The summed E-state index contributed by atoms with van der Waals surface area (Å²) in [5.74, 6) is 0.147. The maximum Gasteiger partial charge on any atom is 0.243 e. The number of rotatable bonds is 5. The molecule has 6 heteroatoms. The number of hydrogen-bond acceptors (Lipinski definition) is 4. The molecule has 1 rings (SSSR count). The van der Waals surface area contributed by atoms with Crippen molar-refractivity contribution >= 4 is 34.0 Å². The van der Waals surface area contributed by atoms with E-state index in [0.29, 0.717) is 11.0 Å². The number of carbonyl (C=O) groups excluding carboxylic acids is 1. The van der Waals surface area contributed by atoms with Gasteiger partial charge in [0.15, 0.2) is 0 Å². The number of amides is 1. The van der Waals surface area contributed by atoms with Crippen molar-refractivity contribution in [2.75, 3.05) is 5.32 Å². The van der Waals surface area contributed by atoms with Gasteiger partial charge in [-0.1, -0.05) is 31.6 Å². The summed E-state index contributed by atoms with van der Waals surface area (Å²) in [7, 11) is 0. The van der Waals surface area contributed by atoms with E-state index >= 15 is 0 Å². The molecule has 0 fully saturated rings. The minimum Gasteiger partial charge on any atom is -0.299 e. The number of carbonyl (C=O) groups is 1. The van der Waals surface area contributed by atoms with Gasteiger partial charge in [-0.2, -0.15) is 0 Å². The molecule has 16 heavy (non-hydrogen) atoms. The van der Waals surface area contributed by atoms with Gasteiger partial charge in [-0.15, -0.1) is 21.8 Å². The second-order valence-electron chi connectivity index (χ2n) is 3.74. The summed E-state index contributed by atoms with van der Waals surface area (Å²) < 4.78 is 0. The van der Waals surface area contributed by atoms with Crippen LogP contribution in [-0.2, 0) is 4.79 Å². The molecule has 1 aromatic rings. The third-order valence-corrected chi connectivity index (χ3v) is 3.44. The van der Waals surface area contributed by atoms with Crippen LogP contribution in [-0.4, -0.2) is 21.5 Å². The van der Waals surface area contributed by atoms with Gasteiger partial charge < -0.3 is 0 Å². The number of hydrogen-bond donors (Lipinski definition) is 1. The van der Waals surface area contributed by atoms with Gasteiger partial charge in [-0.05, 0) is 13.3 Å². The standard InChI is InChI=1S/C10H16ClN3OS/c1-4-5-6(2)9-13-14-10(16-9)12-8(15)7(3)11/h6-7H,4-5H2,1-3H3,(H,12,14,15)/t6-,7-/m0/s1. The van der Waals surface area contributed by atoms with Crippen LogP contribution in [0, 0.1) is 0 Å². The maximum atomic E-state index is 11.3. The lowest BCUT2D eigenvalue weighted by molar-refractivity contribution is -0.115. The second-order valence-corrected chi connectivity index (χ2v) is 5.40. The molecule has 0 aliphatic rings. The van der Waals surface area contributed by atoms with E-state index in [1.165, 1.54) is 11.3 Å². The van der Waals surface area contributed by atoms with Crippen LogP contribution < -0.4 is 5.32 Å². The van der Waals surface area contributed by atoms with Gasteiger partial charge in [-0.3, -0.25) is 10.1 Å². The van der Waals surface area contributed by atoms with Gasteiger partial charge in [0.1, 0.15) is 10.4 Å². The molecule has 0 unspecified atom stereocenters. The predicted molar refractivity (Wildman–Crippen MR) is 67.2 cm³/mol. The third kappa shape index (κ3) is 3.72. The molecule has 1 heterocycles. The molecule has 0 saturated carbocycles. The monoisotopic (exact) mass is 261 g/mol. The number of nitrogens with zero attached hydrogens (tertiary/aromatic N) is 2. The zero-order valence-corrected chi connectivity index (χ0v) is 11.2. The first-order valence-corrected chi connectivity index (χ1v) is 6.58. The van der Waals surface area contributed by atoms with Crippen molar-refractivity contribution in [1.29, 1.82) is 0 Å². The third-order valence-electron chi connectivity index (χ3n) is 2.18. The lowest BCUT2D eigenvalue weighted by atomic mass is 10.1. The van der Waals surface area contributed by atoms with Crippen LogP contribution in [0.25, 0.3) is 0 Å². The quantitative estimate of drug-likeness (QED) is 0.829. The summed E-state index contributed by atoms with van der Waals surface area (Å²) in [4.78, 5) is 11.3. The first-order valence-electron chi connectivity index (χ1n) is 5.33. The number of aromatic nitrogens is 2. The van der Waals surface area contributed by atoms with Gasteiger partial charge in [0, 0.05) is 5.92 Å². The first kappa shape index (κ1) is 13.4. The van der Waals surface area contributed by atoms with Crippen molar-refractivity contribution in [3.05, 3.63) is 5.01 Å². The molecular formula is C10H16ClN3OS. The molecule has 0 spiro atoms. The lowest BCUT2D eigenvalue weighted by Gasteiger charge is -2.03. The Bertz CT molecular complexity index is 354. The van der Waals surface area contributed by atoms with Crippen molar-refractivity contribution < 1.29 is 4.79 Å². The minimum absolute atomic E-state index is 0.243. The molecule has 0 saturated heterocycles. The van der Waals surface area contributed by atoms with E-state index in [9.17, 15) is 4.79 Å². The average molecular weight is 262 g/mol. The summed E-state index contributed by atoms with van der Waals surface area (Å²) >= 11 is 7.06. The van der Waals surface area contributed by atoms with Gasteiger partial charge in [0.2, 0.25) is 11.0 Å². The van der Waals surface area contributed by atoms with Crippen LogP contribution >= 0.6 is 22.9 Å². The highest BCUT2D eigenvalue weighted by Gasteiger charge is 2.15. The minimum atomic E-state index is -0.555. The highest BCUT2D eigenvalue weighted by Crippen LogP contribution is 2.26. The Kier molecular flexibility index (Phi) is 5.15. The normalized spacial score (nSPS) is 14.5. The molecule has 0 radical (unpaired) electrons. The first-order chi connectivity index (χ1) is 7.54. The van der Waals surface area contributed by atoms with E-state index in [4.69, 9.17) is 11.6 Å². The summed E-state index contributed by atoms with van der Waals surface area (Å²) in [6.07, 6.45) is 2.19. The Labute approximate surface area is 104 Å². The number of nitrogens with one attached hydrogen (secondary N) is 1. The van der Waals surface area contributed by atoms with Crippen LogP contribution in [0.1, 0.15) is 44.5 Å². The van der Waals surface area contributed by atoms with Crippen molar-refractivity contribution in [1.82, 2.24) is 10.2 Å². The maximum absolute atomic E-state index is 11.3. The summed E-state index contributed by atoms with van der Waals surface area (Å²) in [6, 6.07) is 0. The van der Waals surface area contributed by atoms with E-state index in [1.54, 1.807) is 6.92 Å². The molecule has 1 N–H and O–H groups in total. The Morgan fingerprint density at radius 2 is 2.19 bits per heavy atom. The fourth-order valence-electron chi connectivity index (χ4n) is 1.25. The van der Waals surface area contributed by atoms with Gasteiger partial charge in [0.05, 0.1) is 0 Å². The zero-order valence-electron chi connectivity index (χ0n) is 9.66. The average Bonchev–Trinajstić information content (AvgIpc) is 2.66. The fourth-order valence-corrected chi connectivity index (χ4v) is 2.13. The van der Waals surface area contributed by atoms with E-state index in [2.05, 4.69) is 29.4 Å². The summed E-state index contributed by atoms with van der Waals surface area (Å²) in [5, 5.41) is 11.5. The molecule has 0 aromatic carbocycles. The highest BCUT2D eigenvalue weighted by molar-refractivity contribution is 7.15. The number of anilines is 1. The Morgan fingerprint density at radius 1 is 1.50 bits per heavy atom. The molecule has 0 bridgehead atoms. The molecule has 0 aliphatic heterocycles. The van der Waals surface area contributed by atoms with Crippen molar-refractivity contribution in [2.24, 2.45) is 0 Å². The lowest BCUT2D eigenvalue weighted by Crippen LogP contribution is -2.20. The van der Waals surface area contributed by atoms with Crippen molar-refractivity contribution in [3.63, 3.8) is 0 Å². The second kappa shape index (κ2) is 6.15. The largest absolute Gasteiger partial charge is 0.299 e. The molecule has 90 valence electrons. The zero-order chi connectivity index (χ0) is 12.1.